The standard InChI is InChI=1S/C15H24O2Si2/c1-2-8-15(9-3-1)19(13-7-5-11-17-19)14-18-12-6-4-10-16-18/h1-3,8-9,18H,4-7,10-14H2. The van der Waals surface area contributed by atoms with Crippen molar-refractivity contribution in [3.8, 4) is 0 Å². The Morgan fingerprint density at radius 3 is 2.53 bits per heavy atom. The van der Waals surface area contributed by atoms with Gasteiger partial charge in [0.05, 0.1) is 0 Å². The molecule has 0 spiro atoms. The summed E-state index contributed by atoms with van der Waals surface area (Å²) >= 11 is 0. The normalized spacial score (nSPS) is 32.1. The summed E-state index contributed by atoms with van der Waals surface area (Å²) in [6.45, 7) is 1.98. The van der Waals surface area contributed by atoms with E-state index in [1.54, 1.807) is 0 Å². The molecule has 2 saturated heterocycles. The maximum atomic E-state index is 6.45. The molecule has 104 valence electrons. The third-order valence-corrected chi connectivity index (χ3v) is 14.0. The van der Waals surface area contributed by atoms with Crippen LogP contribution in [0.1, 0.15) is 25.7 Å². The van der Waals surface area contributed by atoms with E-state index in [2.05, 4.69) is 30.3 Å². The summed E-state index contributed by atoms with van der Waals surface area (Å²) in [6.07, 6.45) is 5.25. The van der Waals surface area contributed by atoms with Gasteiger partial charge in [0.1, 0.15) is 0 Å². The largest absolute Gasteiger partial charge is 0.420 e. The first-order valence-electron chi connectivity index (χ1n) is 7.70. The molecule has 2 aliphatic rings. The van der Waals surface area contributed by atoms with E-state index < -0.39 is 17.4 Å². The lowest BCUT2D eigenvalue weighted by atomic mass is 10.3. The van der Waals surface area contributed by atoms with Crippen molar-refractivity contribution in [2.24, 2.45) is 0 Å². The average Bonchev–Trinajstić information content (AvgIpc) is 2.50. The topological polar surface area (TPSA) is 18.5 Å². The number of hydrogen-bond acceptors (Lipinski definition) is 2. The van der Waals surface area contributed by atoms with Gasteiger partial charge in [-0.05, 0) is 35.8 Å². The fraction of sp³-hybridized carbons (Fsp3) is 0.600. The Labute approximate surface area is 119 Å². The second-order valence-corrected chi connectivity index (χ2v) is 13.0. The monoisotopic (exact) mass is 292 g/mol. The van der Waals surface area contributed by atoms with E-state index in [1.807, 2.05) is 0 Å². The molecule has 2 aliphatic heterocycles. The average molecular weight is 293 g/mol. The summed E-state index contributed by atoms with van der Waals surface area (Å²) < 4.78 is 12.6. The van der Waals surface area contributed by atoms with E-state index >= 15 is 0 Å². The first-order chi connectivity index (χ1) is 9.39. The summed E-state index contributed by atoms with van der Waals surface area (Å²) in [5, 5.41) is 1.51. The molecule has 0 aliphatic carbocycles. The Balaban J connectivity index is 1.79. The summed E-state index contributed by atoms with van der Waals surface area (Å²) in [7, 11) is -2.71. The highest BCUT2D eigenvalue weighted by molar-refractivity contribution is 6.93. The minimum Gasteiger partial charge on any atom is -0.420 e. The molecular weight excluding hydrogens is 268 g/mol. The van der Waals surface area contributed by atoms with Crippen LogP contribution in [0.2, 0.25) is 17.8 Å². The molecule has 0 aromatic heterocycles. The third-order valence-electron chi connectivity index (χ3n) is 4.48. The Hall–Kier alpha value is -0.426. The van der Waals surface area contributed by atoms with Crippen LogP contribution in [0, 0.1) is 0 Å². The molecule has 0 radical (unpaired) electrons. The number of benzene rings is 1. The summed E-state index contributed by atoms with van der Waals surface area (Å²) in [6, 6.07) is 13.7. The molecule has 0 amide bonds. The van der Waals surface area contributed by atoms with Crippen molar-refractivity contribution in [2.45, 2.75) is 43.4 Å². The molecule has 0 bridgehead atoms. The third kappa shape index (κ3) is 3.19. The molecule has 2 atom stereocenters. The molecule has 0 saturated carbocycles. The minimum absolute atomic E-state index is 0.974. The molecular formula is C15H24O2Si2. The highest BCUT2D eigenvalue weighted by atomic mass is 28.4. The molecule has 19 heavy (non-hydrogen) atoms. The summed E-state index contributed by atoms with van der Waals surface area (Å²) in [5.41, 5.74) is 1.30. The van der Waals surface area contributed by atoms with E-state index in [1.165, 1.54) is 48.6 Å². The lowest BCUT2D eigenvalue weighted by Crippen LogP contribution is -2.56. The van der Waals surface area contributed by atoms with Crippen LogP contribution in [0.15, 0.2) is 30.3 Å². The van der Waals surface area contributed by atoms with Crippen molar-refractivity contribution in [1.29, 1.82) is 0 Å². The van der Waals surface area contributed by atoms with Gasteiger partial charge in [-0.1, -0.05) is 43.2 Å². The van der Waals surface area contributed by atoms with E-state index in [9.17, 15) is 0 Å². The zero-order valence-electron chi connectivity index (χ0n) is 11.6. The zero-order valence-corrected chi connectivity index (χ0v) is 13.8. The van der Waals surface area contributed by atoms with Gasteiger partial charge in [0.15, 0.2) is 9.04 Å². The predicted octanol–water partition coefficient (Wildman–Crippen LogP) is 2.72. The Morgan fingerprint density at radius 2 is 1.84 bits per heavy atom. The summed E-state index contributed by atoms with van der Waals surface area (Å²) in [5.74, 6) is 0. The van der Waals surface area contributed by atoms with E-state index in [0.717, 1.165) is 13.2 Å². The van der Waals surface area contributed by atoms with Crippen molar-refractivity contribution in [1.82, 2.24) is 0 Å². The second-order valence-electron chi connectivity index (χ2n) is 5.86. The molecule has 2 unspecified atom stereocenters. The highest BCUT2D eigenvalue weighted by Gasteiger charge is 2.42. The van der Waals surface area contributed by atoms with Gasteiger partial charge >= 0.3 is 0 Å². The Morgan fingerprint density at radius 1 is 1.00 bits per heavy atom. The van der Waals surface area contributed by atoms with Crippen LogP contribution in [0.5, 0.6) is 0 Å². The van der Waals surface area contributed by atoms with Gasteiger partial charge in [0.25, 0.3) is 0 Å². The van der Waals surface area contributed by atoms with Gasteiger partial charge in [-0.25, -0.2) is 0 Å². The van der Waals surface area contributed by atoms with Gasteiger partial charge < -0.3 is 8.85 Å². The molecule has 1 aromatic carbocycles. The lowest BCUT2D eigenvalue weighted by molar-refractivity contribution is 0.267. The van der Waals surface area contributed by atoms with Crippen LogP contribution in [0.4, 0.5) is 0 Å². The van der Waals surface area contributed by atoms with E-state index in [-0.39, 0.29) is 0 Å². The summed E-state index contributed by atoms with van der Waals surface area (Å²) in [4.78, 5) is 0. The van der Waals surface area contributed by atoms with E-state index in [4.69, 9.17) is 8.85 Å². The van der Waals surface area contributed by atoms with Gasteiger partial charge in [-0.2, -0.15) is 0 Å². The number of hydrogen-bond donors (Lipinski definition) is 0. The zero-order chi connectivity index (χ0) is 13.0. The molecule has 4 heteroatoms. The number of rotatable bonds is 3. The molecule has 2 heterocycles. The fourth-order valence-electron chi connectivity index (χ4n) is 3.44. The minimum atomic E-state index is -1.71. The van der Waals surface area contributed by atoms with Crippen molar-refractivity contribution in [3.05, 3.63) is 30.3 Å². The van der Waals surface area contributed by atoms with Crippen LogP contribution >= 0.6 is 0 Å². The Bertz CT molecular complexity index is 384. The van der Waals surface area contributed by atoms with Crippen LogP contribution in [-0.2, 0) is 8.85 Å². The predicted molar refractivity (Wildman–Crippen MR) is 83.8 cm³/mol. The lowest BCUT2D eigenvalue weighted by Gasteiger charge is -2.38. The fourth-order valence-corrected chi connectivity index (χ4v) is 14.1. The van der Waals surface area contributed by atoms with Crippen molar-refractivity contribution < 1.29 is 8.85 Å². The molecule has 1 aromatic rings. The second kappa shape index (κ2) is 6.35. The van der Waals surface area contributed by atoms with Crippen LogP contribution in [0.3, 0.4) is 0 Å². The molecule has 3 rings (SSSR count). The maximum absolute atomic E-state index is 6.45. The van der Waals surface area contributed by atoms with Gasteiger partial charge in [0.2, 0.25) is 8.32 Å². The highest BCUT2D eigenvalue weighted by Crippen LogP contribution is 2.29. The van der Waals surface area contributed by atoms with Crippen molar-refractivity contribution in [2.75, 3.05) is 13.2 Å². The Kier molecular flexibility index (Phi) is 4.53. The van der Waals surface area contributed by atoms with Gasteiger partial charge in [-0.15, -0.1) is 0 Å². The van der Waals surface area contributed by atoms with E-state index in [0.29, 0.717) is 0 Å². The molecule has 2 nitrogen and oxygen atoms in total. The van der Waals surface area contributed by atoms with Crippen LogP contribution < -0.4 is 5.19 Å². The molecule has 0 N–H and O–H groups in total. The molecule has 2 fully saturated rings. The van der Waals surface area contributed by atoms with Crippen molar-refractivity contribution in [3.63, 3.8) is 0 Å². The SMILES string of the molecule is c1ccc([Si]2(C[SiH]3CCCCO3)CCCCO2)cc1. The first kappa shape index (κ1) is 13.6. The first-order valence-corrected chi connectivity index (χ1v) is 12.1. The van der Waals surface area contributed by atoms with Crippen molar-refractivity contribution >= 4 is 22.5 Å². The van der Waals surface area contributed by atoms with Gasteiger partial charge in [0, 0.05) is 13.2 Å². The van der Waals surface area contributed by atoms with Crippen LogP contribution in [-0.4, -0.2) is 30.6 Å². The smallest absolute Gasteiger partial charge is 0.223 e. The van der Waals surface area contributed by atoms with Crippen LogP contribution in [0.25, 0.3) is 0 Å². The quantitative estimate of drug-likeness (QED) is 0.798. The van der Waals surface area contributed by atoms with Gasteiger partial charge in [-0.3, -0.25) is 0 Å². The maximum Gasteiger partial charge on any atom is 0.223 e.